The van der Waals surface area contributed by atoms with Crippen molar-refractivity contribution in [3.05, 3.63) is 29.3 Å². The molecule has 0 saturated heterocycles. The molecule has 0 aliphatic rings. The van der Waals surface area contributed by atoms with Gasteiger partial charge < -0.3 is 14.2 Å². The summed E-state index contributed by atoms with van der Waals surface area (Å²) in [5.41, 5.74) is 1.66. The van der Waals surface area contributed by atoms with E-state index in [9.17, 15) is 4.79 Å². The van der Waals surface area contributed by atoms with E-state index in [0.29, 0.717) is 37.7 Å². The van der Waals surface area contributed by atoms with Gasteiger partial charge in [-0.05, 0) is 26.0 Å². The molecule has 0 unspecified atom stereocenters. The molecule has 4 nitrogen and oxygen atoms in total. The Morgan fingerprint density at radius 3 is 2.56 bits per heavy atom. The molecule has 0 aliphatic heterocycles. The summed E-state index contributed by atoms with van der Waals surface area (Å²) in [4.78, 5) is 11.5. The van der Waals surface area contributed by atoms with Gasteiger partial charge in [-0.2, -0.15) is 0 Å². The Kier molecular flexibility index (Phi) is 6.39. The maximum Gasteiger partial charge on any atom is 0.163 e. The Labute approximate surface area is 108 Å². The van der Waals surface area contributed by atoms with E-state index in [1.165, 1.54) is 6.92 Å². The van der Waals surface area contributed by atoms with Gasteiger partial charge >= 0.3 is 0 Å². The number of benzene rings is 1. The summed E-state index contributed by atoms with van der Waals surface area (Å²) in [6.07, 6.45) is 0. The molecule has 0 aromatic heterocycles. The number of ketones is 1. The molecule has 18 heavy (non-hydrogen) atoms. The molecule has 1 aromatic carbocycles. The van der Waals surface area contributed by atoms with Gasteiger partial charge in [-0.25, -0.2) is 0 Å². The predicted octanol–water partition coefficient (Wildman–Crippen LogP) is 2.24. The first kappa shape index (κ1) is 14.7. The van der Waals surface area contributed by atoms with E-state index in [2.05, 4.69) is 0 Å². The van der Waals surface area contributed by atoms with E-state index in [1.54, 1.807) is 7.11 Å². The van der Waals surface area contributed by atoms with Crippen LogP contribution in [0.2, 0.25) is 0 Å². The van der Waals surface area contributed by atoms with E-state index in [-0.39, 0.29) is 5.78 Å². The van der Waals surface area contributed by atoms with E-state index in [4.69, 9.17) is 14.2 Å². The van der Waals surface area contributed by atoms with Crippen LogP contribution in [0.15, 0.2) is 18.2 Å². The molecule has 1 aromatic rings. The number of aryl methyl sites for hydroxylation is 1. The number of methoxy groups -OCH3 is 1. The first-order valence-electron chi connectivity index (χ1n) is 5.96. The van der Waals surface area contributed by atoms with Crippen molar-refractivity contribution in [1.82, 2.24) is 0 Å². The van der Waals surface area contributed by atoms with Crippen molar-refractivity contribution in [2.24, 2.45) is 0 Å². The summed E-state index contributed by atoms with van der Waals surface area (Å²) in [5.74, 6) is 0.623. The molecule has 0 N–H and O–H groups in total. The van der Waals surface area contributed by atoms with Gasteiger partial charge in [0.05, 0.1) is 25.4 Å². The van der Waals surface area contributed by atoms with Crippen molar-refractivity contribution >= 4 is 5.78 Å². The molecule has 0 spiro atoms. The summed E-state index contributed by atoms with van der Waals surface area (Å²) in [6.45, 7) is 5.51. The third-order valence-corrected chi connectivity index (χ3v) is 2.43. The summed E-state index contributed by atoms with van der Waals surface area (Å²) in [6, 6.07) is 5.58. The smallest absolute Gasteiger partial charge is 0.163 e. The molecule has 1 rings (SSSR count). The molecule has 0 heterocycles. The molecular formula is C14H20O4. The molecule has 0 saturated carbocycles. The molecular weight excluding hydrogens is 232 g/mol. The highest BCUT2D eigenvalue weighted by atomic mass is 16.5. The SMILES string of the molecule is COCCOCCOc1ccc(C)cc1C(C)=O. The van der Waals surface area contributed by atoms with Crippen LogP contribution >= 0.6 is 0 Å². The summed E-state index contributed by atoms with van der Waals surface area (Å²) >= 11 is 0. The minimum absolute atomic E-state index is 0.00833. The number of ether oxygens (including phenoxy) is 3. The molecule has 0 bridgehead atoms. The van der Waals surface area contributed by atoms with Crippen molar-refractivity contribution in [3.63, 3.8) is 0 Å². The van der Waals surface area contributed by atoms with Crippen molar-refractivity contribution in [2.75, 3.05) is 33.5 Å². The predicted molar refractivity (Wildman–Crippen MR) is 69.4 cm³/mol. The van der Waals surface area contributed by atoms with Crippen LogP contribution in [-0.2, 0) is 9.47 Å². The lowest BCUT2D eigenvalue weighted by atomic mass is 10.1. The number of carbonyl (C=O) groups is 1. The number of carbonyl (C=O) groups excluding carboxylic acids is 1. The van der Waals surface area contributed by atoms with Crippen LogP contribution in [0.3, 0.4) is 0 Å². The Bertz CT molecular complexity index is 387. The zero-order valence-electron chi connectivity index (χ0n) is 11.2. The molecule has 0 fully saturated rings. The van der Waals surface area contributed by atoms with Gasteiger partial charge in [-0.15, -0.1) is 0 Å². The Hall–Kier alpha value is -1.39. The maximum absolute atomic E-state index is 11.5. The lowest BCUT2D eigenvalue weighted by Gasteiger charge is -2.10. The molecule has 0 radical (unpaired) electrons. The number of rotatable bonds is 8. The maximum atomic E-state index is 11.5. The van der Waals surface area contributed by atoms with Gasteiger partial charge in [-0.1, -0.05) is 11.6 Å². The van der Waals surface area contributed by atoms with E-state index in [0.717, 1.165) is 5.56 Å². The fraction of sp³-hybridized carbons (Fsp3) is 0.500. The van der Waals surface area contributed by atoms with E-state index >= 15 is 0 Å². The summed E-state index contributed by atoms with van der Waals surface area (Å²) < 4.78 is 15.7. The average molecular weight is 252 g/mol. The van der Waals surface area contributed by atoms with Crippen LogP contribution in [-0.4, -0.2) is 39.3 Å². The first-order chi connectivity index (χ1) is 8.65. The van der Waals surface area contributed by atoms with Crippen LogP contribution in [0.4, 0.5) is 0 Å². The van der Waals surface area contributed by atoms with Gasteiger partial charge in [0.25, 0.3) is 0 Å². The van der Waals surface area contributed by atoms with Crippen molar-refractivity contribution in [1.29, 1.82) is 0 Å². The normalized spacial score (nSPS) is 10.4. The monoisotopic (exact) mass is 252 g/mol. The summed E-state index contributed by atoms with van der Waals surface area (Å²) in [7, 11) is 1.63. The number of hydrogen-bond donors (Lipinski definition) is 0. The van der Waals surface area contributed by atoms with Gasteiger partial charge in [-0.3, -0.25) is 4.79 Å². The highest BCUT2D eigenvalue weighted by molar-refractivity contribution is 5.97. The second-order valence-corrected chi connectivity index (χ2v) is 4.01. The van der Waals surface area contributed by atoms with Gasteiger partial charge in [0.2, 0.25) is 0 Å². The van der Waals surface area contributed by atoms with Crippen LogP contribution in [0.5, 0.6) is 5.75 Å². The Balaban J connectivity index is 2.44. The number of Topliss-reactive ketones (excluding diaryl/α,β-unsaturated/α-hetero) is 1. The molecule has 0 atom stereocenters. The number of hydrogen-bond acceptors (Lipinski definition) is 4. The lowest BCUT2D eigenvalue weighted by molar-refractivity contribution is 0.0542. The zero-order chi connectivity index (χ0) is 13.4. The van der Waals surface area contributed by atoms with Crippen molar-refractivity contribution in [3.8, 4) is 5.75 Å². The fourth-order valence-corrected chi connectivity index (χ4v) is 1.50. The van der Waals surface area contributed by atoms with E-state index in [1.807, 2.05) is 25.1 Å². The van der Waals surface area contributed by atoms with Crippen LogP contribution in [0.1, 0.15) is 22.8 Å². The zero-order valence-corrected chi connectivity index (χ0v) is 11.2. The summed E-state index contributed by atoms with van der Waals surface area (Å²) in [5, 5.41) is 0. The van der Waals surface area contributed by atoms with E-state index < -0.39 is 0 Å². The van der Waals surface area contributed by atoms with Crippen molar-refractivity contribution < 1.29 is 19.0 Å². The quantitative estimate of drug-likeness (QED) is 0.526. The van der Waals surface area contributed by atoms with Crippen LogP contribution in [0.25, 0.3) is 0 Å². The second-order valence-electron chi connectivity index (χ2n) is 4.01. The van der Waals surface area contributed by atoms with Gasteiger partial charge in [0.15, 0.2) is 5.78 Å². The van der Waals surface area contributed by atoms with Crippen LogP contribution < -0.4 is 4.74 Å². The first-order valence-corrected chi connectivity index (χ1v) is 5.96. The topological polar surface area (TPSA) is 44.8 Å². The van der Waals surface area contributed by atoms with Gasteiger partial charge in [0.1, 0.15) is 12.4 Å². The fourth-order valence-electron chi connectivity index (χ4n) is 1.50. The molecule has 0 amide bonds. The Morgan fingerprint density at radius 2 is 1.89 bits per heavy atom. The molecule has 0 aliphatic carbocycles. The molecule has 4 heteroatoms. The van der Waals surface area contributed by atoms with Gasteiger partial charge in [0, 0.05) is 7.11 Å². The molecule has 100 valence electrons. The lowest BCUT2D eigenvalue weighted by Crippen LogP contribution is -2.11. The third-order valence-electron chi connectivity index (χ3n) is 2.43. The minimum Gasteiger partial charge on any atom is -0.490 e. The van der Waals surface area contributed by atoms with Crippen LogP contribution in [0, 0.1) is 6.92 Å². The highest BCUT2D eigenvalue weighted by Gasteiger charge is 2.08. The third kappa shape index (κ3) is 4.85. The minimum atomic E-state index is 0.00833. The van der Waals surface area contributed by atoms with Crippen molar-refractivity contribution in [2.45, 2.75) is 13.8 Å². The Morgan fingerprint density at radius 1 is 1.17 bits per heavy atom. The average Bonchev–Trinajstić information content (AvgIpc) is 2.35. The largest absolute Gasteiger partial charge is 0.490 e. The standard InChI is InChI=1S/C14H20O4/c1-11-4-5-14(13(10-11)12(2)15)18-9-8-17-7-6-16-3/h4-5,10H,6-9H2,1-3H3. The highest BCUT2D eigenvalue weighted by Crippen LogP contribution is 2.20. The second kappa shape index (κ2) is 7.84.